The van der Waals surface area contributed by atoms with Crippen LogP contribution in [-0.4, -0.2) is 23.0 Å². The molecule has 7 aliphatic carbocycles. The summed E-state index contributed by atoms with van der Waals surface area (Å²) in [6.07, 6.45) is 36.4. The highest BCUT2D eigenvalue weighted by Crippen LogP contribution is 2.62. The molecule has 1 heterocycles. The zero-order valence-corrected chi connectivity index (χ0v) is 27.7. The molecule has 11 atom stereocenters. The second-order valence-corrected chi connectivity index (χ2v) is 17.3. The van der Waals surface area contributed by atoms with Gasteiger partial charge in [0.2, 0.25) is 0 Å². The van der Waals surface area contributed by atoms with Crippen molar-refractivity contribution in [3.05, 3.63) is 45.2 Å². The Morgan fingerprint density at radius 2 is 1.67 bits per heavy atom. The highest BCUT2D eigenvalue weighted by molar-refractivity contribution is 7.12. The number of allylic oxidation sites excluding steroid dienone is 3. The molecule has 3 fully saturated rings. The lowest BCUT2D eigenvalue weighted by Gasteiger charge is -2.51. The van der Waals surface area contributed by atoms with E-state index in [0.717, 1.165) is 66.7 Å². The summed E-state index contributed by atoms with van der Waals surface area (Å²) in [4.78, 5) is 6.46. The number of fused-ring (bicyclic) bond motifs is 6. The van der Waals surface area contributed by atoms with E-state index < -0.39 is 0 Å². The summed E-state index contributed by atoms with van der Waals surface area (Å²) in [7, 11) is 0. The van der Waals surface area contributed by atoms with Gasteiger partial charge in [0, 0.05) is 27.9 Å². The second kappa shape index (κ2) is 12.4. The Labute approximate surface area is 266 Å². The van der Waals surface area contributed by atoms with Crippen LogP contribution in [0.3, 0.4) is 0 Å². The first-order valence-corrected chi connectivity index (χ1v) is 19.7. The summed E-state index contributed by atoms with van der Waals surface area (Å²) in [5.74, 6) is 7.08. The third kappa shape index (κ3) is 5.65. The van der Waals surface area contributed by atoms with Gasteiger partial charge in [0.1, 0.15) is 0 Å². The molecule has 8 rings (SSSR count). The average Bonchev–Trinajstić information content (AvgIpc) is 3.79. The number of unbranched alkanes of at least 4 members (excludes halogenated alkanes) is 1. The van der Waals surface area contributed by atoms with Crippen molar-refractivity contribution in [3.63, 3.8) is 0 Å². The van der Waals surface area contributed by atoms with Gasteiger partial charge in [-0.25, -0.2) is 0 Å². The van der Waals surface area contributed by atoms with Gasteiger partial charge in [0.15, 0.2) is 0 Å². The normalized spacial score (nSPS) is 41.6. The molecule has 0 bridgehead atoms. The van der Waals surface area contributed by atoms with Crippen LogP contribution in [0.25, 0.3) is 0 Å². The minimum absolute atomic E-state index is 0.248. The number of hydrogen-bond donors (Lipinski definition) is 0. The van der Waals surface area contributed by atoms with Gasteiger partial charge in [0.05, 0.1) is 12.0 Å². The third-order valence-corrected chi connectivity index (χ3v) is 15.2. The zero-order chi connectivity index (χ0) is 28.9. The van der Waals surface area contributed by atoms with Gasteiger partial charge in [-0.3, -0.25) is 4.90 Å². The Balaban J connectivity index is 1.03. The van der Waals surface area contributed by atoms with E-state index in [4.69, 9.17) is 0 Å². The van der Waals surface area contributed by atoms with Crippen molar-refractivity contribution in [3.8, 4) is 6.07 Å². The highest BCUT2D eigenvalue weighted by atomic mass is 32.1. The molecule has 7 aliphatic rings. The lowest BCUT2D eigenvalue weighted by molar-refractivity contribution is 0.00653. The Hall–Kier alpha value is -1.37. The molecule has 0 saturated heterocycles. The largest absolute Gasteiger partial charge is 0.291 e. The molecule has 232 valence electrons. The maximum Gasteiger partial charge on any atom is 0.0659 e. The quantitative estimate of drug-likeness (QED) is 0.293. The van der Waals surface area contributed by atoms with E-state index in [1.807, 2.05) is 0 Å². The van der Waals surface area contributed by atoms with E-state index in [9.17, 15) is 5.26 Å². The molecule has 0 aromatic carbocycles. The molecule has 11 unspecified atom stereocenters. The Morgan fingerprint density at radius 1 is 0.814 bits per heavy atom. The Morgan fingerprint density at radius 3 is 2.47 bits per heavy atom. The van der Waals surface area contributed by atoms with Crippen molar-refractivity contribution in [2.75, 3.05) is 0 Å². The van der Waals surface area contributed by atoms with Crippen LogP contribution in [-0.2, 0) is 25.7 Å². The third-order valence-electron chi connectivity index (χ3n) is 13.8. The number of nitriles is 1. The van der Waals surface area contributed by atoms with Crippen LogP contribution in [0, 0.1) is 58.7 Å². The maximum absolute atomic E-state index is 9.62. The van der Waals surface area contributed by atoms with E-state index in [1.165, 1.54) is 89.9 Å². The zero-order valence-electron chi connectivity index (χ0n) is 26.9. The molecular weight excluding hydrogens is 541 g/mol. The fraction of sp³-hybridized carbons (Fsp3) is 0.775. The van der Waals surface area contributed by atoms with E-state index in [1.54, 1.807) is 33.7 Å². The van der Waals surface area contributed by atoms with Crippen LogP contribution in [0.4, 0.5) is 0 Å². The predicted molar refractivity (Wildman–Crippen MR) is 179 cm³/mol. The summed E-state index contributed by atoms with van der Waals surface area (Å²) in [5, 5.41) is 9.62. The van der Waals surface area contributed by atoms with Crippen molar-refractivity contribution < 1.29 is 0 Å². The molecule has 1 aromatic heterocycles. The van der Waals surface area contributed by atoms with Gasteiger partial charge < -0.3 is 0 Å². The van der Waals surface area contributed by atoms with Crippen molar-refractivity contribution in [2.45, 2.75) is 147 Å². The smallest absolute Gasteiger partial charge is 0.0659 e. The lowest BCUT2D eigenvalue weighted by Crippen LogP contribution is -2.54. The fourth-order valence-corrected chi connectivity index (χ4v) is 13.1. The standard InChI is InChI=1S/C40H56N2S/c1-2-3-7-29-21-30-13-16-32(22-36(30)38-24-37(29)38)42(31-14-11-28(12-15-31)27-8-5-4-6-9-27)33-17-19-35-34-18-10-26(25-41)20-39(34)43-40(35)23-33/h5,8,11,14,26-33,36-38H,2-4,6-7,9-10,12-13,15-24H2,1H3. The van der Waals surface area contributed by atoms with Crippen LogP contribution >= 0.6 is 11.3 Å². The molecule has 3 saturated carbocycles. The summed E-state index contributed by atoms with van der Waals surface area (Å²) in [6.45, 7) is 2.38. The highest BCUT2D eigenvalue weighted by Gasteiger charge is 2.55. The molecule has 0 radical (unpaired) electrons. The van der Waals surface area contributed by atoms with Crippen LogP contribution in [0.2, 0.25) is 0 Å². The van der Waals surface area contributed by atoms with E-state index >= 15 is 0 Å². The SMILES string of the molecule is CCCCC1CC2CCC(N(C3C=CC(C4C=CCCC4)CC3)C3CCc4c(sc5c4CCC(C#N)C5)C3)CC2C2CC12. The van der Waals surface area contributed by atoms with Crippen LogP contribution < -0.4 is 0 Å². The van der Waals surface area contributed by atoms with Crippen LogP contribution in [0.15, 0.2) is 24.3 Å². The van der Waals surface area contributed by atoms with Crippen molar-refractivity contribution >= 4 is 11.3 Å². The van der Waals surface area contributed by atoms with Gasteiger partial charge in [-0.1, -0.05) is 50.5 Å². The van der Waals surface area contributed by atoms with Gasteiger partial charge in [-0.2, -0.15) is 5.26 Å². The number of thiophene rings is 1. The first kappa shape index (κ1) is 29.1. The van der Waals surface area contributed by atoms with Crippen molar-refractivity contribution in [2.24, 2.45) is 47.3 Å². The van der Waals surface area contributed by atoms with E-state index in [-0.39, 0.29) is 5.92 Å². The summed E-state index contributed by atoms with van der Waals surface area (Å²) in [6, 6.07) is 4.74. The average molecular weight is 597 g/mol. The van der Waals surface area contributed by atoms with Gasteiger partial charge in [-0.15, -0.1) is 11.3 Å². The Kier molecular flexibility index (Phi) is 8.40. The lowest BCUT2D eigenvalue weighted by atomic mass is 9.65. The maximum atomic E-state index is 9.62. The monoisotopic (exact) mass is 596 g/mol. The molecule has 0 N–H and O–H groups in total. The molecule has 0 aliphatic heterocycles. The molecular formula is C40H56N2S. The van der Waals surface area contributed by atoms with Crippen LogP contribution in [0.5, 0.6) is 0 Å². The minimum atomic E-state index is 0.248. The van der Waals surface area contributed by atoms with Gasteiger partial charge in [-0.05, 0) is 155 Å². The number of hydrogen-bond acceptors (Lipinski definition) is 3. The molecule has 3 heteroatoms. The van der Waals surface area contributed by atoms with Gasteiger partial charge >= 0.3 is 0 Å². The first-order chi connectivity index (χ1) is 21.2. The van der Waals surface area contributed by atoms with E-state index in [0.29, 0.717) is 12.1 Å². The summed E-state index contributed by atoms with van der Waals surface area (Å²) >= 11 is 2.12. The number of nitrogens with zero attached hydrogens (tertiary/aromatic N) is 2. The molecule has 0 spiro atoms. The Bertz CT molecular complexity index is 1250. The predicted octanol–water partition coefficient (Wildman–Crippen LogP) is 9.86. The molecule has 0 amide bonds. The summed E-state index contributed by atoms with van der Waals surface area (Å²) < 4.78 is 0. The first-order valence-electron chi connectivity index (χ1n) is 18.8. The molecule has 43 heavy (non-hydrogen) atoms. The topological polar surface area (TPSA) is 27.0 Å². The molecule has 2 nitrogen and oxygen atoms in total. The van der Waals surface area contributed by atoms with Crippen molar-refractivity contribution in [1.82, 2.24) is 4.90 Å². The molecule has 1 aromatic rings. The van der Waals surface area contributed by atoms with Crippen LogP contribution in [0.1, 0.15) is 124 Å². The number of rotatable bonds is 7. The van der Waals surface area contributed by atoms with E-state index in [2.05, 4.69) is 53.5 Å². The second-order valence-electron chi connectivity index (χ2n) is 16.1. The van der Waals surface area contributed by atoms with Crippen molar-refractivity contribution in [1.29, 1.82) is 5.26 Å². The van der Waals surface area contributed by atoms with Gasteiger partial charge in [0.25, 0.3) is 0 Å². The minimum Gasteiger partial charge on any atom is -0.291 e. The fourth-order valence-electron chi connectivity index (χ4n) is 11.6. The summed E-state index contributed by atoms with van der Waals surface area (Å²) in [5.41, 5.74) is 3.41.